The van der Waals surface area contributed by atoms with Crippen molar-refractivity contribution in [2.75, 3.05) is 0 Å². The van der Waals surface area contributed by atoms with E-state index in [9.17, 15) is 0 Å². The van der Waals surface area contributed by atoms with E-state index >= 15 is 0 Å². The van der Waals surface area contributed by atoms with Gasteiger partial charge in [0.2, 0.25) is 0 Å². The first kappa shape index (κ1) is 9.72. The minimum Gasteiger partial charge on any atom is -0.356 e. The molecule has 0 fully saturated rings. The highest BCUT2D eigenvalue weighted by atomic mass is 16.5. The van der Waals surface area contributed by atoms with Gasteiger partial charge in [-0.15, -0.1) is 0 Å². The molecule has 0 amide bonds. The molecule has 0 aliphatic rings. The van der Waals surface area contributed by atoms with Crippen molar-refractivity contribution in [3.8, 4) is 6.07 Å². The Labute approximate surface area is 88.3 Å². The molecule has 1 aromatic carbocycles. The summed E-state index contributed by atoms with van der Waals surface area (Å²) in [5.74, 6) is 0.532. The van der Waals surface area contributed by atoms with Crippen molar-refractivity contribution in [1.29, 1.82) is 5.26 Å². The summed E-state index contributed by atoms with van der Waals surface area (Å²) < 4.78 is 5.19. The third-order valence-corrected chi connectivity index (χ3v) is 2.28. The lowest BCUT2D eigenvalue weighted by Gasteiger charge is -1.99. The van der Waals surface area contributed by atoms with Crippen LogP contribution in [0.1, 0.15) is 25.1 Å². The van der Waals surface area contributed by atoms with Crippen molar-refractivity contribution in [2.45, 2.75) is 20.3 Å². The summed E-state index contributed by atoms with van der Waals surface area (Å²) in [5, 5.41) is 13.8. The van der Waals surface area contributed by atoms with Gasteiger partial charge in [0.15, 0.2) is 5.58 Å². The summed E-state index contributed by atoms with van der Waals surface area (Å²) in [5.41, 5.74) is 2.34. The minimum absolute atomic E-state index is 0.532. The average Bonchev–Trinajstić information content (AvgIpc) is 2.60. The Morgan fingerprint density at radius 3 is 2.93 bits per heavy atom. The van der Waals surface area contributed by atoms with Crippen LogP contribution in [-0.4, -0.2) is 5.16 Å². The number of rotatable bonds is 2. The van der Waals surface area contributed by atoms with E-state index in [-0.39, 0.29) is 0 Å². The highest BCUT2D eigenvalue weighted by molar-refractivity contribution is 5.80. The van der Waals surface area contributed by atoms with Gasteiger partial charge < -0.3 is 4.52 Å². The first-order valence-corrected chi connectivity index (χ1v) is 4.99. The van der Waals surface area contributed by atoms with Crippen molar-refractivity contribution in [3.05, 3.63) is 29.5 Å². The highest BCUT2D eigenvalue weighted by Crippen LogP contribution is 2.21. The van der Waals surface area contributed by atoms with Crippen LogP contribution in [-0.2, 0) is 6.42 Å². The van der Waals surface area contributed by atoms with Crippen molar-refractivity contribution in [1.82, 2.24) is 5.16 Å². The lowest BCUT2D eigenvalue weighted by molar-refractivity contribution is 0.439. The van der Waals surface area contributed by atoms with Crippen LogP contribution < -0.4 is 0 Å². The number of benzene rings is 1. The fourth-order valence-corrected chi connectivity index (χ4v) is 1.59. The molecule has 2 aromatic rings. The largest absolute Gasteiger partial charge is 0.356 e. The SMILES string of the molecule is CC(C)Cc1noc2ccc(C#N)cc12. The van der Waals surface area contributed by atoms with Crippen molar-refractivity contribution in [3.63, 3.8) is 0 Å². The Morgan fingerprint density at radius 1 is 1.47 bits per heavy atom. The fraction of sp³-hybridized carbons (Fsp3) is 0.333. The van der Waals surface area contributed by atoms with E-state index in [0.717, 1.165) is 23.1 Å². The van der Waals surface area contributed by atoms with E-state index in [4.69, 9.17) is 9.78 Å². The quantitative estimate of drug-likeness (QED) is 0.748. The number of hydrogen-bond donors (Lipinski definition) is 0. The summed E-state index contributed by atoms with van der Waals surface area (Å²) in [7, 11) is 0. The summed E-state index contributed by atoms with van der Waals surface area (Å²) in [6.45, 7) is 4.27. The second kappa shape index (κ2) is 3.74. The van der Waals surface area contributed by atoms with Gasteiger partial charge in [-0.25, -0.2) is 0 Å². The molecule has 0 aliphatic heterocycles. The Bertz CT molecular complexity index is 520. The maximum absolute atomic E-state index is 8.81. The molecule has 0 saturated carbocycles. The van der Waals surface area contributed by atoms with Gasteiger partial charge in [-0.3, -0.25) is 0 Å². The molecule has 0 N–H and O–H groups in total. The number of fused-ring (bicyclic) bond motifs is 1. The van der Waals surface area contributed by atoms with Gasteiger partial charge in [-0.2, -0.15) is 5.26 Å². The van der Waals surface area contributed by atoms with E-state index in [2.05, 4.69) is 25.1 Å². The number of nitriles is 1. The van der Waals surface area contributed by atoms with Gasteiger partial charge in [-0.1, -0.05) is 19.0 Å². The van der Waals surface area contributed by atoms with Crippen molar-refractivity contribution < 1.29 is 4.52 Å². The molecule has 15 heavy (non-hydrogen) atoms. The molecule has 1 heterocycles. The molecule has 0 spiro atoms. The first-order valence-electron chi connectivity index (χ1n) is 4.99. The molecule has 0 atom stereocenters. The smallest absolute Gasteiger partial charge is 0.167 e. The highest BCUT2D eigenvalue weighted by Gasteiger charge is 2.10. The van der Waals surface area contributed by atoms with E-state index < -0.39 is 0 Å². The standard InChI is InChI=1S/C12H12N2O/c1-8(2)5-11-10-6-9(7-13)3-4-12(10)15-14-11/h3-4,6,8H,5H2,1-2H3. The maximum Gasteiger partial charge on any atom is 0.167 e. The van der Waals surface area contributed by atoms with E-state index in [1.807, 2.05) is 6.07 Å². The van der Waals surface area contributed by atoms with Crippen LogP contribution in [0.5, 0.6) is 0 Å². The topological polar surface area (TPSA) is 49.8 Å². The minimum atomic E-state index is 0.532. The first-order chi connectivity index (χ1) is 7.20. The third-order valence-electron chi connectivity index (χ3n) is 2.28. The van der Waals surface area contributed by atoms with Gasteiger partial charge in [0.25, 0.3) is 0 Å². The van der Waals surface area contributed by atoms with Crippen LogP contribution in [0, 0.1) is 17.2 Å². The zero-order valence-corrected chi connectivity index (χ0v) is 8.82. The Morgan fingerprint density at radius 2 is 2.27 bits per heavy atom. The van der Waals surface area contributed by atoms with Gasteiger partial charge in [0.1, 0.15) is 0 Å². The van der Waals surface area contributed by atoms with E-state index in [1.54, 1.807) is 12.1 Å². The van der Waals surface area contributed by atoms with Crippen LogP contribution in [0.2, 0.25) is 0 Å². The molecular weight excluding hydrogens is 188 g/mol. The van der Waals surface area contributed by atoms with Crippen LogP contribution in [0.3, 0.4) is 0 Å². The van der Waals surface area contributed by atoms with Crippen molar-refractivity contribution >= 4 is 11.0 Å². The number of hydrogen-bond acceptors (Lipinski definition) is 3. The fourth-order valence-electron chi connectivity index (χ4n) is 1.59. The lowest BCUT2D eigenvalue weighted by Crippen LogP contribution is -1.94. The zero-order valence-electron chi connectivity index (χ0n) is 8.82. The number of nitrogens with zero attached hydrogens (tertiary/aromatic N) is 2. The Kier molecular flexibility index (Phi) is 2.42. The maximum atomic E-state index is 8.81. The molecule has 0 saturated heterocycles. The van der Waals surface area contributed by atoms with E-state index in [0.29, 0.717) is 11.5 Å². The van der Waals surface area contributed by atoms with Crippen LogP contribution in [0.15, 0.2) is 22.7 Å². The molecule has 0 bridgehead atoms. The summed E-state index contributed by atoms with van der Waals surface area (Å²) in [4.78, 5) is 0. The molecule has 76 valence electrons. The van der Waals surface area contributed by atoms with Gasteiger partial charge in [-0.05, 0) is 30.5 Å². The molecule has 0 aliphatic carbocycles. The molecule has 3 nitrogen and oxygen atoms in total. The Balaban J connectivity index is 2.52. The molecule has 0 radical (unpaired) electrons. The van der Waals surface area contributed by atoms with Crippen molar-refractivity contribution in [2.24, 2.45) is 5.92 Å². The Hall–Kier alpha value is -1.82. The van der Waals surface area contributed by atoms with Crippen LogP contribution in [0.25, 0.3) is 11.0 Å². The predicted octanol–water partition coefficient (Wildman–Crippen LogP) is 2.90. The molecule has 0 unspecified atom stereocenters. The summed E-state index contributed by atoms with van der Waals surface area (Å²) in [6.07, 6.45) is 0.877. The second-order valence-electron chi connectivity index (χ2n) is 4.05. The summed E-state index contributed by atoms with van der Waals surface area (Å²) >= 11 is 0. The third kappa shape index (κ3) is 1.84. The van der Waals surface area contributed by atoms with Gasteiger partial charge in [0.05, 0.1) is 17.3 Å². The molecule has 2 rings (SSSR count). The molecule has 3 heteroatoms. The molecular formula is C12H12N2O. The van der Waals surface area contributed by atoms with Gasteiger partial charge in [0, 0.05) is 5.39 Å². The zero-order chi connectivity index (χ0) is 10.8. The average molecular weight is 200 g/mol. The normalized spacial score (nSPS) is 10.8. The van der Waals surface area contributed by atoms with Crippen LogP contribution >= 0.6 is 0 Å². The van der Waals surface area contributed by atoms with E-state index in [1.165, 1.54) is 0 Å². The van der Waals surface area contributed by atoms with Gasteiger partial charge >= 0.3 is 0 Å². The summed E-state index contributed by atoms with van der Waals surface area (Å²) in [6, 6.07) is 7.50. The monoisotopic (exact) mass is 200 g/mol. The molecule has 1 aromatic heterocycles. The van der Waals surface area contributed by atoms with Crippen LogP contribution in [0.4, 0.5) is 0 Å². The second-order valence-corrected chi connectivity index (χ2v) is 4.05. The number of aromatic nitrogens is 1. The predicted molar refractivity (Wildman–Crippen MR) is 57.3 cm³/mol. The lowest BCUT2D eigenvalue weighted by atomic mass is 10.0.